The Morgan fingerprint density at radius 2 is 2.36 bits per heavy atom. The highest BCUT2D eigenvalue weighted by atomic mass is 35.5. The van der Waals surface area contributed by atoms with Crippen LogP contribution in [0.25, 0.3) is 0 Å². The predicted molar refractivity (Wildman–Crippen MR) is 85.8 cm³/mol. The van der Waals surface area contributed by atoms with Crippen LogP contribution in [0, 0.1) is 6.92 Å². The number of likely N-dealkylation sites (tertiary alicyclic amines) is 1. The first-order valence-electron chi connectivity index (χ1n) is 8.08. The van der Waals surface area contributed by atoms with E-state index in [2.05, 4.69) is 26.9 Å². The second kappa shape index (κ2) is 6.84. The molecular weight excluding hydrogens is 300 g/mol. The maximum Gasteiger partial charge on any atom is 0.154 e. The van der Waals surface area contributed by atoms with Crippen LogP contribution in [-0.2, 0) is 13.0 Å². The summed E-state index contributed by atoms with van der Waals surface area (Å²) in [4.78, 5) is 10.2. The van der Waals surface area contributed by atoms with E-state index in [4.69, 9.17) is 16.1 Å². The van der Waals surface area contributed by atoms with Crippen LogP contribution >= 0.6 is 11.6 Å². The highest BCUT2D eigenvalue weighted by Gasteiger charge is 2.30. The van der Waals surface area contributed by atoms with Crippen molar-refractivity contribution in [2.45, 2.75) is 58.5 Å². The summed E-state index contributed by atoms with van der Waals surface area (Å²) in [6, 6.07) is 2.32. The lowest BCUT2D eigenvalue weighted by Gasteiger charge is -2.21. The molecule has 2 aromatic heterocycles. The minimum atomic E-state index is 0.291. The van der Waals surface area contributed by atoms with Gasteiger partial charge in [-0.3, -0.25) is 4.90 Å². The van der Waals surface area contributed by atoms with Crippen molar-refractivity contribution in [2.24, 2.45) is 0 Å². The Morgan fingerprint density at radius 3 is 3.09 bits per heavy atom. The van der Waals surface area contributed by atoms with Crippen molar-refractivity contribution in [1.29, 1.82) is 0 Å². The Bertz CT molecular complexity index is 621. The average Bonchev–Trinajstić information content (AvgIpc) is 3.19. The van der Waals surface area contributed by atoms with E-state index in [1.165, 1.54) is 6.42 Å². The highest BCUT2D eigenvalue weighted by Crippen LogP contribution is 2.34. The fraction of sp³-hybridized carbons (Fsp3) is 0.625. The van der Waals surface area contributed by atoms with E-state index in [0.29, 0.717) is 11.2 Å². The van der Waals surface area contributed by atoms with Crippen LogP contribution in [-0.4, -0.2) is 26.6 Å². The van der Waals surface area contributed by atoms with Gasteiger partial charge in [0.05, 0.1) is 17.4 Å². The second-order valence-corrected chi connectivity index (χ2v) is 6.41. The zero-order valence-corrected chi connectivity index (χ0v) is 14.0. The Kier molecular flexibility index (Phi) is 4.84. The number of nitrogens with zero attached hydrogens (tertiary/aromatic N) is 3. The molecule has 0 spiro atoms. The fourth-order valence-electron chi connectivity index (χ4n) is 3.09. The molecule has 6 heteroatoms. The Hall–Kier alpha value is -1.33. The number of H-pyrrole nitrogens is 1. The van der Waals surface area contributed by atoms with Gasteiger partial charge < -0.3 is 9.51 Å². The van der Waals surface area contributed by atoms with Gasteiger partial charge in [-0.15, -0.1) is 0 Å². The van der Waals surface area contributed by atoms with Crippen LogP contribution in [0.4, 0.5) is 0 Å². The molecule has 1 aliphatic heterocycles. The van der Waals surface area contributed by atoms with E-state index in [1.54, 1.807) is 0 Å². The maximum atomic E-state index is 6.30. The molecule has 0 saturated carbocycles. The van der Waals surface area contributed by atoms with E-state index < -0.39 is 0 Å². The van der Waals surface area contributed by atoms with Gasteiger partial charge in [-0.25, -0.2) is 4.98 Å². The van der Waals surface area contributed by atoms with Crippen LogP contribution in [0.1, 0.15) is 61.6 Å². The fourth-order valence-corrected chi connectivity index (χ4v) is 3.30. The SMILES string of the molecule is CCCCc1nc(Cl)c(CN2CCC[C@H]2c2cc(C)no2)[nH]1. The van der Waals surface area contributed by atoms with Crippen LogP contribution in [0.15, 0.2) is 10.6 Å². The smallest absolute Gasteiger partial charge is 0.154 e. The van der Waals surface area contributed by atoms with E-state index in [-0.39, 0.29) is 0 Å². The molecule has 5 nitrogen and oxygen atoms in total. The van der Waals surface area contributed by atoms with Crippen molar-refractivity contribution in [3.63, 3.8) is 0 Å². The summed E-state index contributed by atoms with van der Waals surface area (Å²) in [7, 11) is 0. The molecule has 1 saturated heterocycles. The molecule has 1 fully saturated rings. The van der Waals surface area contributed by atoms with Crippen molar-refractivity contribution < 1.29 is 4.52 Å². The summed E-state index contributed by atoms with van der Waals surface area (Å²) >= 11 is 6.30. The minimum Gasteiger partial charge on any atom is -0.359 e. The number of aromatic amines is 1. The molecular formula is C16H23ClN4O. The Labute approximate surface area is 136 Å². The third-order valence-corrected chi connectivity index (χ3v) is 4.56. The molecule has 1 aliphatic rings. The number of hydrogen-bond donors (Lipinski definition) is 1. The molecule has 3 heterocycles. The lowest BCUT2D eigenvalue weighted by Crippen LogP contribution is -2.22. The Balaban J connectivity index is 1.70. The number of nitrogens with one attached hydrogen (secondary N) is 1. The third kappa shape index (κ3) is 3.36. The van der Waals surface area contributed by atoms with Gasteiger partial charge in [-0.1, -0.05) is 30.1 Å². The molecule has 0 radical (unpaired) electrons. The first-order valence-corrected chi connectivity index (χ1v) is 8.45. The maximum absolute atomic E-state index is 6.30. The summed E-state index contributed by atoms with van der Waals surface area (Å²) in [6.07, 6.45) is 5.52. The molecule has 22 heavy (non-hydrogen) atoms. The number of unbranched alkanes of at least 4 members (excludes halogenated alkanes) is 1. The van der Waals surface area contributed by atoms with Crippen LogP contribution in [0.3, 0.4) is 0 Å². The average molecular weight is 323 g/mol. The van der Waals surface area contributed by atoms with Crippen LogP contribution < -0.4 is 0 Å². The second-order valence-electron chi connectivity index (χ2n) is 6.06. The molecule has 3 rings (SSSR count). The number of rotatable bonds is 6. The van der Waals surface area contributed by atoms with Crippen LogP contribution in [0.2, 0.25) is 5.15 Å². The molecule has 2 aromatic rings. The van der Waals surface area contributed by atoms with Gasteiger partial charge in [0.1, 0.15) is 5.82 Å². The molecule has 0 bridgehead atoms. The lowest BCUT2D eigenvalue weighted by atomic mass is 10.1. The minimum absolute atomic E-state index is 0.291. The zero-order chi connectivity index (χ0) is 15.5. The summed E-state index contributed by atoms with van der Waals surface area (Å²) < 4.78 is 5.45. The van der Waals surface area contributed by atoms with Gasteiger partial charge in [0.2, 0.25) is 0 Å². The molecule has 0 aliphatic carbocycles. The van der Waals surface area contributed by atoms with Crippen molar-refractivity contribution in [3.8, 4) is 0 Å². The third-order valence-electron chi connectivity index (χ3n) is 4.24. The van der Waals surface area contributed by atoms with E-state index in [0.717, 1.165) is 61.7 Å². The topological polar surface area (TPSA) is 58.0 Å². The van der Waals surface area contributed by atoms with E-state index >= 15 is 0 Å². The van der Waals surface area contributed by atoms with Crippen molar-refractivity contribution in [3.05, 3.63) is 34.2 Å². The summed E-state index contributed by atoms with van der Waals surface area (Å²) in [5, 5.41) is 4.61. The first-order chi connectivity index (χ1) is 10.7. The number of aromatic nitrogens is 3. The lowest BCUT2D eigenvalue weighted by molar-refractivity contribution is 0.205. The molecule has 1 atom stereocenters. The molecule has 0 unspecified atom stereocenters. The van der Waals surface area contributed by atoms with E-state index in [1.807, 2.05) is 13.0 Å². The quantitative estimate of drug-likeness (QED) is 0.872. The number of halogens is 1. The molecule has 120 valence electrons. The van der Waals surface area contributed by atoms with Gasteiger partial charge in [0.15, 0.2) is 10.9 Å². The molecule has 0 amide bonds. The van der Waals surface area contributed by atoms with Crippen molar-refractivity contribution in [1.82, 2.24) is 20.0 Å². The van der Waals surface area contributed by atoms with Gasteiger partial charge >= 0.3 is 0 Å². The summed E-state index contributed by atoms with van der Waals surface area (Å²) in [5.41, 5.74) is 1.94. The molecule has 0 aromatic carbocycles. The van der Waals surface area contributed by atoms with Gasteiger partial charge in [-0.05, 0) is 32.7 Å². The van der Waals surface area contributed by atoms with Crippen LogP contribution in [0.5, 0.6) is 0 Å². The largest absolute Gasteiger partial charge is 0.359 e. The number of hydrogen-bond acceptors (Lipinski definition) is 4. The molecule has 1 N–H and O–H groups in total. The van der Waals surface area contributed by atoms with Crippen molar-refractivity contribution >= 4 is 11.6 Å². The first kappa shape index (κ1) is 15.6. The normalized spacial score (nSPS) is 19.1. The Morgan fingerprint density at radius 1 is 1.50 bits per heavy atom. The van der Waals surface area contributed by atoms with Gasteiger partial charge in [-0.2, -0.15) is 0 Å². The van der Waals surface area contributed by atoms with Gasteiger partial charge in [0, 0.05) is 19.0 Å². The summed E-state index contributed by atoms with van der Waals surface area (Å²) in [6.45, 7) is 5.96. The standard InChI is InChI=1S/C16H23ClN4O/c1-3-4-7-15-18-12(16(17)19-15)10-21-8-5-6-13(21)14-9-11(2)20-22-14/h9,13H,3-8,10H2,1-2H3,(H,18,19)/t13-/m0/s1. The van der Waals surface area contributed by atoms with Crippen molar-refractivity contribution in [2.75, 3.05) is 6.54 Å². The zero-order valence-electron chi connectivity index (χ0n) is 13.2. The van der Waals surface area contributed by atoms with Gasteiger partial charge in [0.25, 0.3) is 0 Å². The summed E-state index contributed by atoms with van der Waals surface area (Å²) in [5.74, 6) is 1.95. The highest BCUT2D eigenvalue weighted by molar-refractivity contribution is 6.30. The number of imidazole rings is 1. The predicted octanol–water partition coefficient (Wildman–Crippen LogP) is 4.04. The van der Waals surface area contributed by atoms with E-state index in [9.17, 15) is 0 Å². The number of aryl methyl sites for hydroxylation is 2. The monoisotopic (exact) mass is 322 g/mol.